The van der Waals surface area contributed by atoms with Crippen LogP contribution in [0.5, 0.6) is 0 Å². The minimum atomic E-state index is -0.946. The molecule has 0 aliphatic carbocycles. The molecule has 0 aromatic heterocycles. The van der Waals surface area contributed by atoms with E-state index in [-0.39, 0.29) is 0 Å². The van der Waals surface area contributed by atoms with Gasteiger partial charge in [0, 0.05) is 17.3 Å². The topological polar surface area (TPSA) is 98.5 Å². The van der Waals surface area contributed by atoms with Gasteiger partial charge >= 0.3 is 5.97 Å². The second-order valence-electron chi connectivity index (χ2n) is 4.39. The third kappa shape index (κ3) is 5.62. The number of hydrogen-bond donors (Lipinski definition) is 2. The zero-order chi connectivity index (χ0) is 16.5. The predicted octanol–water partition coefficient (Wildman–Crippen LogP) is 1.79. The molecule has 1 aromatic rings. The quantitative estimate of drug-likeness (QED) is 0.475. The first-order valence-corrected chi connectivity index (χ1v) is 6.64. The van der Waals surface area contributed by atoms with Gasteiger partial charge < -0.3 is 15.8 Å². The Morgan fingerprint density at radius 3 is 2.36 bits per heavy atom. The molecule has 116 valence electrons. The lowest BCUT2D eigenvalue weighted by atomic mass is 10.2. The molecule has 3 N–H and O–H groups in total. The normalized spacial score (nSPS) is 12.3. The van der Waals surface area contributed by atoms with Crippen molar-refractivity contribution in [3.63, 3.8) is 0 Å². The van der Waals surface area contributed by atoms with E-state index in [2.05, 4.69) is 5.32 Å². The van der Waals surface area contributed by atoms with Gasteiger partial charge in [-0.1, -0.05) is 18.2 Å². The Hall–Kier alpha value is -2.89. The summed E-state index contributed by atoms with van der Waals surface area (Å²) in [4.78, 5) is 34.2. The van der Waals surface area contributed by atoms with E-state index in [9.17, 15) is 14.4 Å². The third-order valence-electron chi connectivity index (χ3n) is 2.63. The summed E-state index contributed by atoms with van der Waals surface area (Å²) in [6, 6.07) is 6.07. The standard InChI is InChI=1S/C16H18N2O4/c1-3-4-5-6-14(19)22-11(2)16(21)18-13-9-7-12(8-10-13)15(17)20/h3-11H,1-2H3,(H2,17,20)(H,18,21)/b4-3+,6-5+. The average Bonchev–Trinajstić information content (AvgIpc) is 2.47. The summed E-state index contributed by atoms with van der Waals surface area (Å²) in [5.74, 6) is -1.63. The summed E-state index contributed by atoms with van der Waals surface area (Å²) >= 11 is 0. The minimum absolute atomic E-state index is 0.339. The Morgan fingerprint density at radius 2 is 1.82 bits per heavy atom. The van der Waals surface area contributed by atoms with Gasteiger partial charge in [0.15, 0.2) is 6.10 Å². The van der Waals surface area contributed by atoms with E-state index in [1.54, 1.807) is 24.3 Å². The fourth-order valence-electron chi connectivity index (χ4n) is 1.47. The van der Waals surface area contributed by atoms with Gasteiger partial charge in [0.25, 0.3) is 5.91 Å². The number of carbonyl (C=O) groups is 3. The van der Waals surface area contributed by atoms with E-state index >= 15 is 0 Å². The first kappa shape index (κ1) is 17.2. The second kappa shape index (κ2) is 8.41. The Balaban J connectivity index is 2.56. The fraction of sp³-hybridized carbons (Fsp3) is 0.188. The summed E-state index contributed by atoms with van der Waals surface area (Å²) in [5, 5.41) is 2.57. The number of ether oxygens (including phenoxy) is 1. The molecule has 0 saturated heterocycles. The van der Waals surface area contributed by atoms with Crippen molar-refractivity contribution in [1.29, 1.82) is 0 Å². The SMILES string of the molecule is C/C=C/C=C/C(=O)OC(C)C(=O)Nc1ccc(C(N)=O)cc1. The van der Waals surface area contributed by atoms with Crippen molar-refractivity contribution in [3.05, 3.63) is 54.1 Å². The average molecular weight is 302 g/mol. The van der Waals surface area contributed by atoms with E-state index < -0.39 is 23.9 Å². The van der Waals surface area contributed by atoms with Crippen molar-refractivity contribution in [3.8, 4) is 0 Å². The molecule has 1 rings (SSSR count). The molecule has 1 unspecified atom stereocenters. The van der Waals surface area contributed by atoms with Crippen LogP contribution in [0.1, 0.15) is 24.2 Å². The second-order valence-corrected chi connectivity index (χ2v) is 4.39. The minimum Gasteiger partial charge on any atom is -0.449 e. The summed E-state index contributed by atoms with van der Waals surface area (Å²) in [7, 11) is 0. The highest BCUT2D eigenvalue weighted by atomic mass is 16.5. The first-order chi connectivity index (χ1) is 10.4. The molecule has 0 saturated carbocycles. The van der Waals surface area contributed by atoms with Crippen molar-refractivity contribution in [2.24, 2.45) is 5.73 Å². The zero-order valence-corrected chi connectivity index (χ0v) is 12.4. The highest BCUT2D eigenvalue weighted by molar-refractivity contribution is 5.97. The van der Waals surface area contributed by atoms with Gasteiger partial charge in [0.2, 0.25) is 5.91 Å². The molecule has 0 bridgehead atoms. The molecule has 22 heavy (non-hydrogen) atoms. The van der Waals surface area contributed by atoms with Crippen LogP contribution in [-0.2, 0) is 14.3 Å². The molecule has 6 nitrogen and oxygen atoms in total. The number of nitrogens with one attached hydrogen (secondary N) is 1. The van der Waals surface area contributed by atoms with Crippen LogP contribution in [-0.4, -0.2) is 23.9 Å². The first-order valence-electron chi connectivity index (χ1n) is 6.64. The Kier molecular flexibility index (Phi) is 6.56. The molecular weight excluding hydrogens is 284 g/mol. The Morgan fingerprint density at radius 1 is 1.18 bits per heavy atom. The number of hydrogen-bond acceptors (Lipinski definition) is 4. The van der Waals surface area contributed by atoms with E-state index in [1.165, 1.54) is 31.2 Å². The van der Waals surface area contributed by atoms with Gasteiger partial charge in [0.05, 0.1) is 0 Å². The Labute approximate surface area is 128 Å². The van der Waals surface area contributed by atoms with E-state index in [0.29, 0.717) is 11.3 Å². The molecule has 0 radical (unpaired) electrons. The van der Waals surface area contributed by atoms with Crippen molar-refractivity contribution in [2.45, 2.75) is 20.0 Å². The number of rotatable bonds is 6. The molecule has 0 fully saturated rings. The van der Waals surface area contributed by atoms with Crippen LogP contribution in [0.25, 0.3) is 0 Å². The lowest BCUT2D eigenvalue weighted by molar-refractivity contribution is -0.148. The number of allylic oxidation sites excluding steroid dienone is 3. The maximum Gasteiger partial charge on any atom is 0.331 e. The molecule has 0 aliphatic rings. The number of amides is 2. The van der Waals surface area contributed by atoms with E-state index in [1.807, 2.05) is 6.92 Å². The molecule has 0 heterocycles. The van der Waals surface area contributed by atoms with Gasteiger partial charge in [-0.2, -0.15) is 0 Å². The van der Waals surface area contributed by atoms with Crippen molar-refractivity contribution >= 4 is 23.5 Å². The van der Waals surface area contributed by atoms with Crippen LogP contribution >= 0.6 is 0 Å². The van der Waals surface area contributed by atoms with Crippen LogP contribution in [0.3, 0.4) is 0 Å². The van der Waals surface area contributed by atoms with Crippen LogP contribution in [0, 0.1) is 0 Å². The van der Waals surface area contributed by atoms with Crippen molar-refractivity contribution in [2.75, 3.05) is 5.32 Å². The monoisotopic (exact) mass is 302 g/mol. The van der Waals surface area contributed by atoms with Crippen molar-refractivity contribution < 1.29 is 19.1 Å². The van der Waals surface area contributed by atoms with Gasteiger partial charge in [-0.05, 0) is 38.1 Å². The molecule has 0 spiro atoms. The number of anilines is 1. The molecule has 2 amide bonds. The number of benzene rings is 1. The summed E-state index contributed by atoms with van der Waals surface area (Å²) in [6.45, 7) is 3.28. The Bertz CT molecular complexity index is 603. The number of esters is 1. The highest BCUT2D eigenvalue weighted by Crippen LogP contribution is 2.10. The largest absolute Gasteiger partial charge is 0.449 e. The maximum absolute atomic E-state index is 11.9. The van der Waals surface area contributed by atoms with Gasteiger partial charge in [-0.3, -0.25) is 9.59 Å². The summed E-state index contributed by atoms with van der Waals surface area (Å²) in [6.07, 6.45) is 5.24. The van der Waals surface area contributed by atoms with Gasteiger partial charge in [-0.15, -0.1) is 0 Å². The molecule has 1 atom stereocenters. The van der Waals surface area contributed by atoms with Crippen molar-refractivity contribution in [1.82, 2.24) is 0 Å². The predicted molar refractivity (Wildman–Crippen MR) is 83.1 cm³/mol. The summed E-state index contributed by atoms with van der Waals surface area (Å²) < 4.78 is 4.95. The molecule has 1 aromatic carbocycles. The smallest absolute Gasteiger partial charge is 0.331 e. The molecule has 0 aliphatic heterocycles. The lowest BCUT2D eigenvalue weighted by Gasteiger charge is -2.12. The number of primary amides is 1. The lowest BCUT2D eigenvalue weighted by Crippen LogP contribution is -2.29. The highest BCUT2D eigenvalue weighted by Gasteiger charge is 2.16. The third-order valence-corrected chi connectivity index (χ3v) is 2.63. The van der Waals surface area contributed by atoms with Gasteiger partial charge in [-0.25, -0.2) is 4.79 Å². The molecule has 6 heteroatoms. The molecular formula is C16H18N2O4. The fourth-order valence-corrected chi connectivity index (χ4v) is 1.47. The van der Waals surface area contributed by atoms with Crippen LogP contribution in [0.15, 0.2) is 48.6 Å². The van der Waals surface area contributed by atoms with Crippen LogP contribution in [0.2, 0.25) is 0 Å². The van der Waals surface area contributed by atoms with Gasteiger partial charge in [0.1, 0.15) is 0 Å². The van der Waals surface area contributed by atoms with Crippen LogP contribution < -0.4 is 11.1 Å². The number of carbonyl (C=O) groups excluding carboxylic acids is 3. The zero-order valence-electron chi connectivity index (χ0n) is 12.4. The van der Waals surface area contributed by atoms with Crippen LogP contribution in [0.4, 0.5) is 5.69 Å². The maximum atomic E-state index is 11.9. The van der Waals surface area contributed by atoms with E-state index in [4.69, 9.17) is 10.5 Å². The number of nitrogens with two attached hydrogens (primary N) is 1. The summed E-state index contributed by atoms with van der Waals surface area (Å²) in [5.41, 5.74) is 5.94. The van der Waals surface area contributed by atoms with E-state index in [0.717, 1.165) is 0 Å².